The maximum Gasteiger partial charge on any atom is 0.175 e. The highest BCUT2D eigenvalue weighted by atomic mass is 32.2. The molecule has 0 radical (unpaired) electrons. The van der Waals surface area contributed by atoms with Gasteiger partial charge >= 0.3 is 0 Å². The number of hydrogen-bond donors (Lipinski definition) is 0. The Morgan fingerprint density at radius 3 is 2.43 bits per heavy atom. The van der Waals surface area contributed by atoms with Crippen LogP contribution in [0.1, 0.15) is 39.2 Å². The number of hydrogen-bond acceptors (Lipinski definition) is 5. The van der Waals surface area contributed by atoms with Gasteiger partial charge in [0.1, 0.15) is 0 Å². The van der Waals surface area contributed by atoms with Crippen LogP contribution in [-0.4, -0.2) is 54.0 Å². The lowest BCUT2D eigenvalue weighted by atomic mass is 10.0. The average Bonchev–Trinajstić information content (AvgIpc) is 3.15. The summed E-state index contributed by atoms with van der Waals surface area (Å²) in [5.41, 5.74) is 2.79. The minimum absolute atomic E-state index is 0.319. The fourth-order valence-electron chi connectivity index (χ4n) is 4.10. The summed E-state index contributed by atoms with van der Waals surface area (Å²) in [4.78, 5) is 7.53. The van der Waals surface area contributed by atoms with Crippen LogP contribution in [0.4, 0.5) is 0 Å². The first kappa shape index (κ1) is 21.0. The molecule has 0 atom stereocenters. The molecule has 1 aromatic carbocycles. The highest BCUT2D eigenvalue weighted by Gasteiger charge is 2.22. The van der Waals surface area contributed by atoms with Gasteiger partial charge in [-0.1, -0.05) is 26.0 Å². The van der Waals surface area contributed by atoms with Crippen molar-refractivity contribution in [3.63, 3.8) is 0 Å². The molecule has 0 spiro atoms. The van der Waals surface area contributed by atoms with E-state index in [2.05, 4.69) is 33.5 Å². The number of pyridine rings is 1. The first-order valence-electron chi connectivity index (χ1n) is 10.7. The molecule has 1 aliphatic heterocycles. The Kier molecular flexibility index (Phi) is 5.93. The van der Waals surface area contributed by atoms with E-state index in [1.54, 1.807) is 12.1 Å². The van der Waals surface area contributed by atoms with E-state index in [1.165, 1.54) is 19.2 Å². The Labute approximate surface area is 178 Å². The molecular weight excluding hydrogens is 396 g/mol. The molecule has 30 heavy (non-hydrogen) atoms. The summed E-state index contributed by atoms with van der Waals surface area (Å²) in [6, 6.07) is 9.33. The first-order chi connectivity index (χ1) is 14.3. The highest BCUT2D eigenvalue weighted by Crippen LogP contribution is 2.28. The van der Waals surface area contributed by atoms with Gasteiger partial charge in [-0.3, -0.25) is 9.67 Å². The largest absolute Gasteiger partial charge is 0.303 e. The monoisotopic (exact) mass is 426 g/mol. The van der Waals surface area contributed by atoms with Crippen molar-refractivity contribution in [2.75, 3.05) is 25.9 Å². The third-order valence-corrected chi connectivity index (χ3v) is 7.11. The van der Waals surface area contributed by atoms with Crippen molar-refractivity contribution in [2.45, 2.75) is 44.0 Å². The van der Waals surface area contributed by atoms with Gasteiger partial charge in [0.15, 0.2) is 9.84 Å². The molecule has 6 nitrogen and oxygen atoms in total. The fraction of sp³-hybridized carbons (Fsp3) is 0.478. The van der Waals surface area contributed by atoms with Gasteiger partial charge in [0.25, 0.3) is 0 Å². The zero-order valence-electron chi connectivity index (χ0n) is 18.0. The number of rotatable bonds is 6. The van der Waals surface area contributed by atoms with Gasteiger partial charge in [0, 0.05) is 30.3 Å². The average molecular weight is 427 g/mol. The number of fused-ring (bicyclic) bond motifs is 1. The van der Waals surface area contributed by atoms with Crippen LogP contribution in [0.25, 0.3) is 22.2 Å². The van der Waals surface area contributed by atoms with Crippen LogP contribution in [0, 0.1) is 5.92 Å². The fourth-order valence-corrected chi connectivity index (χ4v) is 4.73. The Hall–Kier alpha value is -2.25. The normalized spacial score (nSPS) is 16.5. The first-order valence-corrected chi connectivity index (χ1v) is 12.6. The quantitative estimate of drug-likeness (QED) is 0.591. The van der Waals surface area contributed by atoms with Crippen molar-refractivity contribution in [3.05, 3.63) is 42.7 Å². The minimum atomic E-state index is -3.19. The molecule has 3 aromatic rings. The number of piperidine rings is 1. The number of likely N-dealkylation sites (tertiary alicyclic amines) is 1. The molecule has 1 saturated heterocycles. The maximum atomic E-state index is 11.7. The molecule has 1 fully saturated rings. The van der Waals surface area contributed by atoms with Crippen molar-refractivity contribution in [3.8, 4) is 11.3 Å². The predicted molar refractivity (Wildman–Crippen MR) is 120 cm³/mol. The zero-order valence-corrected chi connectivity index (χ0v) is 18.8. The molecule has 0 N–H and O–H groups in total. The number of nitrogens with zero attached hydrogens (tertiary/aromatic N) is 4. The summed E-state index contributed by atoms with van der Waals surface area (Å²) in [5, 5.41) is 5.74. The van der Waals surface area contributed by atoms with Crippen LogP contribution in [0.3, 0.4) is 0 Å². The second-order valence-electron chi connectivity index (χ2n) is 8.77. The zero-order chi connectivity index (χ0) is 21.3. The van der Waals surface area contributed by atoms with E-state index < -0.39 is 9.84 Å². The van der Waals surface area contributed by atoms with Crippen LogP contribution >= 0.6 is 0 Å². The van der Waals surface area contributed by atoms with Gasteiger partial charge in [-0.2, -0.15) is 5.10 Å². The summed E-state index contributed by atoms with van der Waals surface area (Å²) in [6.45, 7) is 8.00. The number of aromatic nitrogens is 3. The SMILES string of the molecule is CC(C)CCN1CCC(n2ncc3cc(-c4ccc(S(C)(=O)=O)cc4)ncc32)CC1. The standard InChI is InChI=1S/C23H30N4O2S/c1-17(2)8-11-26-12-9-20(10-13-26)27-23-16-24-22(14-19(23)15-25-27)18-4-6-21(7-5-18)30(3,28)29/h4-7,14-17,20H,8-13H2,1-3H3. The van der Waals surface area contributed by atoms with Gasteiger partial charge in [-0.05, 0) is 49.9 Å². The van der Waals surface area contributed by atoms with Crippen molar-refractivity contribution in [2.24, 2.45) is 5.92 Å². The Morgan fingerprint density at radius 1 is 1.10 bits per heavy atom. The summed E-state index contributed by atoms with van der Waals surface area (Å²) in [6.07, 6.45) is 8.51. The summed E-state index contributed by atoms with van der Waals surface area (Å²) < 4.78 is 25.5. The molecule has 7 heteroatoms. The van der Waals surface area contributed by atoms with E-state index in [-0.39, 0.29) is 0 Å². The highest BCUT2D eigenvalue weighted by molar-refractivity contribution is 7.90. The van der Waals surface area contributed by atoms with Crippen LogP contribution in [0.15, 0.2) is 47.6 Å². The summed E-state index contributed by atoms with van der Waals surface area (Å²) in [5.74, 6) is 0.751. The van der Waals surface area contributed by atoms with E-state index in [0.29, 0.717) is 10.9 Å². The minimum Gasteiger partial charge on any atom is -0.303 e. The predicted octanol–water partition coefficient (Wildman–Crippen LogP) is 4.18. The summed E-state index contributed by atoms with van der Waals surface area (Å²) >= 11 is 0. The lowest BCUT2D eigenvalue weighted by molar-refractivity contribution is 0.175. The van der Waals surface area contributed by atoms with Gasteiger partial charge in [-0.25, -0.2) is 8.42 Å². The van der Waals surface area contributed by atoms with Crippen LogP contribution < -0.4 is 0 Å². The van der Waals surface area contributed by atoms with Crippen molar-refractivity contribution < 1.29 is 8.42 Å². The topological polar surface area (TPSA) is 68.1 Å². The molecule has 3 heterocycles. The van der Waals surface area contributed by atoms with Crippen LogP contribution in [0.5, 0.6) is 0 Å². The Balaban J connectivity index is 1.49. The summed E-state index contributed by atoms with van der Waals surface area (Å²) in [7, 11) is -3.19. The van der Waals surface area contributed by atoms with Gasteiger partial charge in [0.2, 0.25) is 0 Å². The lowest BCUT2D eigenvalue weighted by Gasteiger charge is -2.32. The Morgan fingerprint density at radius 2 is 1.80 bits per heavy atom. The second kappa shape index (κ2) is 8.47. The van der Waals surface area contributed by atoms with E-state index in [9.17, 15) is 8.42 Å². The molecule has 4 rings (SSSR count). The van der Waals surface area contributed by atoms with E-state index >= 15 is 0 Å². The molecule has 0 amide bonds. The third-order valence-electron chi connectivity index (χ3n) is 5.99. The molecule has 0 unspecified atom stereocenters. The number of benzene rings is 1. The van der Waals surface area contributed by atoms with Gasteiger partial charge < -0.3 is 4.90 Å². The molecule has 0 bridgehead atoms. The van der Waals surface area contributed by atoms with Gasteiger partial charge in [0.05, 0.1) is 34.5 Å². The maximum absolute atomic E-state index is 11.7. The van der Waals surface area contributed by atoms with Crippen LogP contribution in [-0.2, 0) is 9.84 Å². The van der Waals surface area contributed by atoms with Crippen molar-refractivity contribution >= 4 is 20.7 Å². The Bertz CT molecular complexity index is 1110. The van der Waals surface area contributed by atoms with E-state index in [1.807, 2.05) is 30.6 Å². The van der Waals surface area contributed by atoms with E-state index in [4.69, 9.17) is 0 Å². The van der Waals surface area contributed by atoms with Gasteiger partial charge in [-0.15, -0.1) is 0 Å². The van der Waals surface area contributed by atoms with Crippen molar-refractivity contribution in [1.29, 1.82) is 0 Å². The number of sulfone groups is 1. The smallest absolute Gasteiger partial charge is 0.175 e. The van der Waals surface area contributed by atoms with Crippen molar-refractivity contribution in [1.82, 2.24) is 19.7 Å². The molecule has 1 aliphatic rings. The molecule has 0 aliphatic carbocycles. The third kappa shape index (κ3) is 4.57. The molecule has 2 aromatic heterocycles. The second-order valence-corrected chi connectivity index (χ2v) is 10.8. The molecular formula is C23H30N4O2S. The molecule has 0 saturated carbocycles. The molecule has 160 valence electrons. The lowest BCUT2D eigenvalue weighted by Crippen LogP contribution is -2.35. The van der Waals surface area contributed by atoms with Crippen LogP contribution in [0.2, 0.25) is 0 Å². The van der Waals surface area contributed by atoms with E-state index in [0.717, 1.165) is 54.0 Å².